The molecule has 0 bridgehead atoms. The molecule has 2 aromatic rings. The molecule has 3 nitrogen and oxygen atoms in total. The minimum atomic E-state index is 0.591. The van der Waals surface area contributed by atoms with E-state index in [0.717, 1.165) is 20.1 Å². The van der Waals surface area contributed by atoms with Gasteiger partial charge in [0.25, 0.3) is 0 Å². The molecule has 0 saturated heterocycles. The minimum absolute atomic E-state index is 0.591. The highest BCUT2D eigenvalue weighted by atomic mass is 127. The van der Waals surface area contributed by atoms with Crippen LogP contribution in [0.1, 0.15) is 11.3 Å². The van der Waals surface area contributed by atoms with Gasteiger partial charge in [-0.25, -0.2) is 0 Å². The molecule has 0 amide bonds. The fraction of sp³-hybridized carbons (Fsp3) is 0.0833. The van der Waals surface area contributed by atoms with E-state index in [-0.39, 0.29) is 0 Å². The van der Waals surface area contributed by atoms with Crippen LogP contribution in [0.5, 0.6) is 0 Å². The molecule has 1 heterocycles. The Morgan fingerprint density at radius 3 is 2.82 bits per heavy atom. The van der Waals surface area contributed by atoms with Crippen molar-refractivity contribution in [3.05, 3.63) is 56.5 Å². The second-order valence-electron chi connectivity index (χ2n) is 3.33. The van der Waals surface area contributed by atoms with Gasteiger partial charge in [-0.05, 0) is 46.4 Å². The number of rotatable bonds is 4. The molecule has 1 N–H and O–H groups in total. The van der Waals surface area contributed by atoms with Crippen molar-refractivity contribution in [3.8, 4) is 0 Å². The van der Waals surface area contributed by atoms with Crippen LogP contribution in [0.15, 0.2) is 45.9 Å². The molecule has 0 atom stereocenters. The van der Waals surface area contributed by atoms with Gasteiger partial charge in [0.05, 0.1) is 12.8 Å². The topological polar surface area (TPSA) is 37.5 Å². The number of benzene rings is 1. The van der Waals surface area contributed by atoms with Gasteiger partial charge in [0.2, 0.25) is 0 Å². The van der Waals surface area contributed by atoms with E-state index in [1.165, 1.54) is 0 Å². The molecule has 88 valence electrons. The van der Waals surface area contributed by atoms with Gasteiger partial charge in [-0.15, -0.1) is 0 Å². The van der Waals surface area contributed by atoms with Crippen molar-refractivity contribution in [2.75, 3.05) is 0 Å². The summed E-state index contributed by atoms with van der Waals surface area (Å²) in [5, 5.41) is 4.80. The van der Waals surface area contributed by atoms with Crippen LogP contribution in [0.3, 0.4) is 0 Å². The lowest BCUT2D eigenvalue weighted by Gasteiger charge is -2.02. The lowest BCUT2D eigenvalue weighted by atomic mass is 10.2. The smallest absolute Gasteiger partial charge is 0.164 e. The van der Waals surface area contributed by atoms with Gasteiger partial charge < -0.3 is 9.84 Å². The van der Waals surface area contributed by atoms with Crippen LogP contribution in [-0.4, -0.2) is 6.21 Å². The molecular weight excluding hydrogens is 351 g/mol. The van der Waals surface area contributed by atoms with E-state index in [2.05, 4.69) is 33.1 Å². The zero-order chi connectivity index (χ0) is 12.1. The largest absolute Gasteiger partial charge is 0.449 e. The van der Waals surface area contributed by atoms with Crippen molar-refractivity contribution in [3.63, 3.8) is 0 Å². The zero-order valence-corrected chi connectivity index (χ0v) is 11.8. The fourth-order valence-electron chi connectivity index (χ4n) is 1.28. The maximum Gasteiger partial charge on any atom is 0.164 e. The molecule has 0 spiro atoms. The third-order valence-electron chi connectivity index (χ3n) is 2.10. The number of hydrogen-bond acceptors (Lipinski definition) is 3. The molecule has 0 radical (unpaired) electrons. The third-order valence-corrected chi connectivity index (χ3v) is 3.05. The lowest BCUT2D eigenvalue weighted by molar-refractivity contribution is 0.530. The Kier molecular flexibility index (Phi) is 4.44. The summed E-state index contributed by atoms with van der Waals surface area (Å²) in [7, 11) is 0. The van der Waals surface area contributed by atoms with Crippen molar-refractivity contribution in [1.29, 1.82) is 0 Å². The molecule has 0 aliphatic rings. The maximum atomic E-state index is 6.01. The molecule has 1 aromatic heterocycles. The molecule has 0 aliphatic heterocycles. The Balaban J connectivity index is 1.88. The van der Waals surface area contributed by atoms with Gasteiger partial charge in [-0.3, -0.25) is 0 Å². The van der Waals surface area contributed by atoms with Gasteiger partial charge in [-0.1, -0.05) is 29.8 Å². The van der Waals surface area contributed by atoms with E-state index in [9.17, 15) is 0 Å². The van der Waals surface area contributed by atoms with Gasteiger partial charge in [0.15, 0.2) is 3.77 Å². The van der Waals surface area contributed by atoms with Crippen molar-refractivity contribution in [1.82, 2.24) is 5.43 Å². The first-order valence-electron chi connectivity index (χ1n) is 5.00. The number of nitrogens with one attached hydrogen (secondary N) is 1. The molecule has 0 aliphatic carbocycles. The van der Waals surface area contributed by atoms with E-state index in [1.807, 2.05) is 36.4 Å². The van der Waals surface area contributed by atoms with Crippen LogP contribution in [0.2, 0.25) is 5.02 Å². The average Bonchev–Trinajstić information content (AvgIpc) is 2.73. The van der Waals surface area contributed by atoms with Crippen molar-refractivity contribution in [2.24, 2.45) is 5.10 Å². The first-order chi connectivity index (χ1) is 8.25. The average molecular weight is 361 g/mol. The summed E-state index contributed by atoms with van der Waals surface area (Å²) in [6.45, 7) is 0.591. The zero-order valence-electron chi connectivity index (χ0n) is 8.86. The monoisotopic (exact) mass is 360 g/mol. The Morgan fingerprint density at radius 1 is 1.29 bits per heavy atom. The standard InChI is InChI=1S/C12H10ClIN2O/c13-11-4-2-1-3-9(11)7-15-16-8-10-5-6-12(14)17-10/h1-6,8,15H,7H2/b16-8-. The summed E-state index contributed by atoms with van der Waals surface area (Å²) >= 11 is 8.12. The molecular formula is C12H10ClIN2O. The highest BCUT2D eigenvalue weighted by molar-refractivity contribution is 14.1. The van der Waals surface area contributed by atoms with Crippen LogP contribution in [0, 0.1) is 3.77 Å². The number of halogens is 2. The summed E-state index contributed by atoms with van der Waals surface area (Å²) in [4.78, 5) is 0. The molecule has 17 heavy (non-hydrogen) atoms. The van der Waals surface area contributed by atoms with Gasteiger partial charge in [-0.2, -0.15) is 5.10 Å². The molecule has 0 fully saturated rings. The highest BCUT2D eigenvalue weighted by Crippen LogP contribution is 2.14. The maximum absolute atomic E-state index is 6.01. The van der Waals surface area contributed by atoms with Crippen molar-refractivity contribution < 1.29 is 4.42 Å². The Labute approximate surface area is 118 Å². The highest BCUT2D eigenvalue weighted by Gasteiger charge is 1.97. The number of hydrazone groups is 1. The van der Waals surface area contributed by atoms with Gasteiger partial charge >= 0.3 is 0 Å². The van der Waals surface area contributed by atoms with E-state index in [1.54, 1.807) is 6.21 Å². The summed E-state index contributed by atoms with van der Waals surface area (Å²) in [6.07, 6.45) is 1.64. The van der Waals surface area contributed by atoms with Crippen LogP contribution < -0.4 is 5.43 Å². The van der Waals surface area contributed by atoms with Crippen LogP contribution in [-0.2, 0) is 6.54 Å². The second-order valence-corrected chi connectivity index (χ2v) is 4.80. The first-order valence-corrected chi connectivity index (χ1v) is 6.46. The third kappa shape index (κ3) is 3.74. The van der Waals surface area contributed by atoms with Gasteiger partial charge in [0.1, 0.15) is 5.76 Å². The van der Waals surface area contributed by atoms with E-state index in [0.29, 0.717) is 6.54 Å². The molecule has 0 saturated carbocycles. The fourth-order valence-corrected chi connectivity index (χ4v) is 1.92. The SMILES string of the molecule is Clc1ccccc1CN/N=C\c1ccc(I)o1. The second kappa shape index (κ2) is 6.07. The summed E-state index contributed by atoms with van der Waals surface area (Å²) in [5.74, 6) is 0.723. The molecule has 0 unspecified atom stereocenters. The van der Waals surface area contributed by atoms with E-state index >= 15 is 0 Å². The van der Waals surface area contributed by atoms with Gasteiger partial charge in [0, 0.05) is 5.02 Å². The molecule has 1 aromatic carbocycles. The summed E-state index contributed by atoms with van der Waals surface area (Å²) < 4.78 is 6.17. The predicted molar refractivity (Wildman–Crippen MR) is 77.3 cm³/mol. The first kappa shape index (κ1) is 12.4. The lowest BCUT2D eigenvalue weighted by Crippen LogP contribution is -2.05. The quantitative estimate of drug-likeness (QED) is 0.513. The van der Waals surface area contributed by atoms with Crippen molar-refractivity contribution in [2.45, 2.75) is 6.54 Å². The van der Waals surface area contributed by atoms with Crippen LogP contribution in [0.4, 0.5) is 0 Å². The Hall–Kier alpha value is -1.01. The minimum Gasteiger partial charge on any atom is -0.449 e. The number of furan rings is 1. The number of nitrogens with zero attached hydrogens (tertiary/aromatic N) is 1. The summed E-state index contributed by atoms with van der Waals surface area (Å²) in [5.41, 5.74) is 3.94. The molecule has 5 heteroatoms. The Bertz CT molecular complexity index is 525. The summed E-state index contributed by atoms with van der Waals surface area (Å²) in [6, 6.07) is 11.4. The van der Waals surface area contributed by atoms with Crippen molar-refractivity contribution >= 4 is 40.4 Å². The Morgan fingerprint density at radius 2 is 2.12 bits per heavy atom. The normalized spacial score (nSPS) is 10.9. The van der Waals surface area contributed by atoms with Crippen LogP contribution in [0.25, 0.3) is 0 Å². The van der Waals surface area contributed by atoms with Crippen LogP contribution >= 0.6 is 34.2 Å². The number of hydrogen-bond donors (Lipinski definition) is 1. The van der Waals surface area contributed by atoms with E-state index in [4.69, 9.17) is 16.0 Å². The predicted octanol–water partition coefficient (Wildman–Crippen LogP) is 3.66. The van der Waals surface area contributed by atoms with E-state index < -0.39 is 0 Å². The molecule has 2 rings (SSSR count).